The van der Waals surface area contributed by atoms with Crippen molar-refractivity contribution in [2.75, 3.05) is 18.8 Å². The van der Waals surface area contributed by atoms with E-state index in [1.165, 1.54) is 11.1 Å². The average molecular weight is 293 g/mol. The van der Waals surface area contributed by atoms with Gasteiger partial charge in [0.05, 0.1) is 11.9 Å². The molecule has 2 rings (SSSR count). The molecule has 1 amide bonds. The van der Waals surface area contributed by atoms with Crippen molar-refractivity contribution in [3.05, 3.63) is 35.4 Å². The van der Waals surface area contributed by atoms with E-state index in [1.807, 2.05) is 11.8 Å². The first-order chi connectivity index (χ1) is 9.56. The Labute approximate surface area is 125 Å². The van der Waals surface area contributed by atoms with E-state index in [1.54, 1.807) is 11.8 Å². The quantitative estimate of drug-likeness (QED) is 0.927. The van der Waals surface area contributed by atoms with Crippen LogP contribution in [0.4, 0.5) is 0 Å². The van der Waals surface area contributed by atoms with Crippen LogP contribution in [0.1, 0.15) is 24.5 Å². The predicted octanol–water partition coefficient (Wildman–Crippen LogP) is 2.46. The number of likely N-dealkylation sites (tertiary alicyclic amines) is 1. The summed E-state index contributed by atoms with van der Waals surface area (Å²) in [4.78, 5) is 14.0. The Morgan fingerprint density at radius 3 is 3.00 bits per heavy atom. The van der Waals surface area contributed by atoms with Gasteiger partial charge in [-0.05, 0) is 24.8 Å². The summed E-state index contributed by atoms with van der Waals surface area (Å²) in [6, 6.07) is 8.40. The molecule has 2 atom stereocenters. The normalized spacial score (nSPS) is 22.9. The predicted molar refractivity (Wildman–Crippen MR) is 83.7 cm³/mol. The summed E-state index contributed by atoms with van der Waals surface area (Å²) in [6.07, 6.45) is 0.453. The van der Waals surface area contributed by atoms with Gasteiger partial charge in [-0.1, -0.05) is 36.8 Å². The summed E-state index contributed by atoms with van der Waals surface area (Å²) >= 11 is 1.67. The number of nitrogens with zero attached hydrogens (tertiary/aromatic N) is 1. The second kappa shape index (κ2) is 7.14. The van der Waals surface area contributed by atoms with Gasteiger partial charge in [0.2, 0.25) is 5.91 Å². The van der Waals surface area contributed by atoms with Crippen LogP contribution in [-0.4, -0.2) is 40.9 Å². The van der Waals surface area contributed by atoms with Crippen LogP contribution in [0.2, 0.25) is 0 Å². The number of aryl methyl sites for hydroxylation is 1. The summed E-state index contributed by atoms with van der Waals surface area (Å²) in [7, 11) is 0. The zero-order valence-corrected chi connectivity index (χ0v) is 13.0. The number of aliphatic hydroxyl groups excluding tert-OH is 1. The lowest BCUT2D eigenvalue weighted by Gasteiger charge is -2.34. The SMILES string of the molecule is Cc1cccc(CSCC(=O)N2CCC(O)C(C)C2)c1. The molecule has 0 radical (unpaired) electrons. The number of hydrogen-bond donors (Lipinski definition) is 1. The lowest BCUT2D eigenvalue weighted by Crippen LogP contribution is -2.45. The van der Waals surface area contributed by atoms with Crippen LogP contribution >= 0.6 is 11.8 Å². The summed E-state index contributed by atoms with van der Waals surface area (Å²) in [5.74, 6) is 1.78. The van der Waals surface area contributed by atoms with Crippen LogP contribution in [0.25, 0.3) is 0 Å². The zero-order chi connectivity index (χ0) is 14.5. The van der Waals surface area contributed by atoms with E-state index in [0.717, 1.165) is 5.75 Å². The molecule has 1 aliphatic rings. The van der Waals surface area contributed by atoms with Gasteiger partial charge < -0.3 is 10.0 Å². The fourth-order valence-electron chi connectivity index (χ4n) is 2.51. The van der Waals surface area contributed by atoms with Gasteiger partial charge in [0.25, 0.3) is 0 Å². The van der Waals surface area contributed by atoms with E-state index in [-0.39, 0.29) is 17.9 Å². The summed E-state index contributed by atoms with van der Waals surface area (Å²) < 4.78 is 0. The second-order valence-electron chi connectivity index (χ2n) is 5.65. The number of amides is 1. The van der Waals surface area contributed by atoms with E-state index >= 15 is 0 Å². The number of carbonyl (C=O) groups is 1. The van der Waals surface area contributed by atoms with Crippen LogP contribution in [0.5, 0.6) is 0 Å². The molecule has 1 N–H and O–H groups in total. The molecular weight excluding hydrogens is 270 g/mol. The number of piperidine rings is 1. The first-order valence-corrected chi connectivity index (χ1v) is 8.31. The first-order valence-electron chi connectivity index (χ1n) is 7.15. The van der Waals surface area contributed by atoms with Crippen molar-refractivity contribution in [1.82, 2.24) is 4.90 Å². The monoisotopic (exact) mass is 293 g/mol. The van der Waals surface area contributed by atoms with Gasteiger partial charge in [0, 0.05) is 18.8 Å². The van der Waals surface area contributed by atoms with Crippen molar-refractivity contribution < 1.29 is 9.90 Å². The highest BCUT2D eigenvalue weighted by atomic mass is 32.2. The van der Waals surface area contributed by atoms with Crippen LogP contribution in [-0.2, 0) is 10.5 Å². The molecule has 1 saturated heterocycles. The molecule has 0 bridgehead atoms. The number of hydrogen-bond acceptors (Lipinski definition) is 3. The van der Waals surface area contributed by atoms with E-state index in [9.17, 15) is 9.90 Å². The van der Waals surface area contributed by atoms with Crippen LogP contribution in [0.3, 0.4) is 0 Å². The van der Waals surface area contributed by atoms with Crippen LogP contribution < -0.4 is 0 Å². The minimum absolute atomic E-state index is 0.189. The largest absolute Gasteiger partial charge is 0.393 e. The molecule has 0 saturated carbocycles. The Morgan fingerprint density at radius 1 is 1.50 bits per heavy atom. The fraction of sp³-hybridized carbons (Fsp3) is 0.562. The van der Waals surface area contributed by atoms with Crippen LogP contribution in [0, 0.1) is 12.8 Å². The van der Waals surface area contributed by atoms with Crippen molar-refractivity contribution in [1.29, 1.82) is 0 Å². The molecule has 1 aliphatic heterocycles. The third-order valence-corrected chi connectivity index (χ3v) is 4.78. The number of aliphatic hydroxyl groups is 1. The highest BCUT2D eigenvalue weighted by molar-refractivity contribution is 7.99. The third kappa shape index (κ3) is 4.25. The molecule has 1 aromatic rings. The van der Waals surface area contributed by atoms with E-state index in [2.05, 4.69) is 31.2 Å². The molecule has 4 heteroatoms. The summed E-state index contributed by atoms with van der Waals surface area (Å²) in [6.45, 7) is 5.46. The highest BCUT2D eigenvalue weighted by Gasteiger charge is 2.26. The molecule has 110 valence electrons. The number of thioether (sulfide) groups is 1. The zero-order valence-electron chi connectivity index (χ0n) is 12.2. The molecule has 1 aromatic carbocycles. The summed E-state index contributed by atoms with van der Waals surface area (Å²) in [5, 5.41) is 9.68. The van der Waals surface area contributed by atoms with E-state index < -0.39 is 0 Å². The maximum absolute atomic E-state index is 12.1. The molecule has 0 aromatic heterocycles. The third-order valence-electron chi connectivity index (χ3n) is 3.79. The van der Waals surface area contributed by atoms with Gasteiger partial charge in [-0.15, -0.1) is 11.8 Å². The number of benzene rings is 1. The van der Waals surface area contributed by atoms with Gasteiger partial charge in [-0.3, -0.25) is 4.79 Å². The first kappa shape index (κ1) is 15.4. The van der Waals surface area contributed by atoms with Crippen molar-refractivity contribution >= 4 is 17.7 Å². The van der Waals surface area contributed by atoms with Crippen molar-refractivity contribution in [3.63, 3.8) is 0 Å². The van der Waals surface area contributed by atoms with Gasteiger partial charge in [-0.2, -0.15) is 0 Å². The molecule has 3 nitrogen and oxygen atoms in total. The Balaban J connectivity index is 1.75. The van der Waals surface area contributed by atoms with Gasteiger partial charge in [-0.25, -0.2) is 0 Å². The minimum Gasteiger partial charge on any atom is -0.393 e. The van der Waals surface area contributed by atoms with E-state index in [4.69, 9.17) is 0 Å². The van der Waals surface area contributed by atoms with Gasteiger partial charge in [0.1, 0.15) is 0 Å². The van der Waals surface area contributed by atoms with Gasteiger partial charge >= 0.3 is 0 Å². The Morgan fingerprint density at radius 2 is 2.30 bits per heavy atom. The van der Waals surface area contributed by atoms with Crippen molar-refractivity contribution in [3.8, 4) is 0 Å². The molecule has 20 heavy (non-hydrogen) atoms. The topological polar surface area (TPSA) is 40.5 Å². The molecule has 2 unspecified atom stereocenters. The lowest BCUT2D eigenvalue weighted by molar-refractivity contribution is -0.131. The summed E-state index contributed by atoms with van der Waals surface area (Å²) in [5.41, 5.74) is 2.53. The molecule has 1 heterocycles. The maximum atomic E-state index is 12.1. The highest BCUT2D eigenvalue weighted by Crippen LogP contribution is 2.19. The second-order valence-corrected chi connectivity index (χ2v) is 6.64. The fourth-order valence-corrected chi connectivity index (χ4v) is 3.38. The average Bonchev–Trinajstić information content (AvgIpc) is 2.42. The Bertz CT molecular complexity index is 464. The Hall–Kier alpha value is -1.00. The molecule has 0 spiro atoms. The van der Waals surface area contributed by atoms with Crippen molar-refractivity contribution in [2.24, 2.45) is 5.92 Å². The van der Waals surface area contributed by atoms with Crippen molar-refractivity contribution in [2.45, 2.75) is 32.1 Å². The number of carbonyl (C=O) groups excluding carboxylic acids is 1. The minimum atomic E-state index is -0.251. The smallest absolute Gasteiger partial charge is 0.232 e. The van der Waals surface area contributed by atoms with E-state index in [0.29, 0.717) is 25.3 Å². The number of rotatable bonds is 4. The molecule has 1 fully saturated rings. The Kier molecular flexibility index (Phi) is 5.49. The van der Waals surface area contributed by atoms with Crippen LogP contribution in [0.15, 0.2) is 24.3 Å². The lowest BCUT2D eigenvalue weighted by atomic mass is 9.97. The molecule has 0 aliphatic carbocycles. The van der Waals surface area contributed by atoms with Gasteiger partial charge in [0.15, 0.2) is 0 Å². The standard InChI is InChI=1S/C16H23NO2S/c1-12-4-3-5-14(8-12)10-20-11-16(19)17-7-6-15(18)13(2)9-17/h3-5,8,13,15,18H,6-7,9-11H2,1-2H3. The molecular formula is C16H23NO2S. The maximum Gasteiger partial charge on any atom is 0.232 e.